The quantitative estimate of drug-likeness (QED) is 0.744. The van der Waals surface area contributed by atoms with Gasteiger partial charge >= 0.3 is 5.97 Å². The fourth-order valence-electron chi connectivity index (χ4n) is 2.18. The van der Waals surface area contributed by atoms with Gasteiger partial charge in [-0.2, -0.15) is 0 Å². The molecular formula is C13H18N2O3. The highest BCUT2D eigenvalue weighted by molar-refractivity contribution is 5.89. The summed E-state index contributed by atoms with van der Waals surface area (Å²) >= 11 is 0. The standard InChI is InChI=1S/C13H18N2O3/c1-9-7-15(8-10(2)18-9)12-5-4-11(6-14-12)13(16)17-3/h4-6,9-10H,7-8H2,1-3H3. The zero-order chi connectivity index (χ0) is 13.1. The number of anilines is 1. The van der Waals surface area contributed by atoms with Gasteiger partial charge in [0, 0.05) is 19.3 Å². The maximum Gasteiger partial charge on any atom is 0.339 e. The summed E-state index contributed by atoms with van der Waals surface area (Å²) in [5, 5.41) is 0. The number of ether oxygens (including phenoxy) is 2. The molecule has 5 nitrogen and oxygen atoms in total. The molecule has 0 aromatic carbocycles. The van der Waals surface area contributed by atoms with E-state index < -0.39 is 0 Å². The zero-order valence-electron chi connectivity index (χ0n) is 10.9. The Bertz CT molecular complexity index is 409. The molecule has 2 unspecified atom stereocenters. The highest BCUT2D eigenvalue weighted by Gasteiger charge is 2.23. The van der Waals surface area contributed by atoms with E-state index in [9.17, 15) is 4.79 Å². The lowest BCUT2D eigenvalue weighted by Crippen LogP contribution is -2.45. The molecule has 18 heavy (non-hydrogen) atoms. The SMILES string of the molecule is COC(=O)c1ccc(N2CC(C)OC(C)C2)nc1. The molecule has 98 valence electrons. The molecule has 2 heterocycles. The highest BCUT2D eigenvalue weighted by Crippen LogP contribution is 2.18. The van der Waals surface area contributed by atoms with Crippen molar-refractivity contribution < 1.29 is 14.3 Å². The molecular weight excluding hydrogens is 232 g/mol. The van der Waals surface area contributed by atoms with Crippen LogP contribution in [0.4, 0.5) is 5.82 Å². The molecule has 0 bridgehead atoms. The van der Waals surface area contributed by atoms with E-state index in [2.05, 4.69) is 14.6 Å². The second-order valence-electron chi connectivity index (χ2n) is 4.56. The van der Waals surface area contributed by atoms with Crippen LogP contribution in [0.3, 0.4) is 0 Å². The number of hydrogen-bond donors (Lipinski definition) is 0. The first-order valence-corrected chi connectivity index (χ1v) is 6.05. The molecule has 5 heteroatoms. The number of carbonyl (C=O) groups is 1. The molecule has 0 amide bonds. The molecule has 1 aliphatic rings. The van der Waals surface area contributed by atoms with Crippen LogP contribution in [-0.2, 0) is 9.47 Å². The lowest BCUT2D eigenvalue weighted by atomic mass is 10.2. The van der Waals surface area contributed by atoms with Crippen molar-refractivity contribution in [3.05, 3.63) is 23.9 Å². The minimum absolute atomic E-state index is 0.191. The number of aromatic nitrogens is 1. The number of carbonyl (C=O) groups excluding carboxylic acids is 1. The molecule has 1 aromatic rings. The van der Waals surface area contributed by atoms with Gasteiger partial charge in [-0.1, -0.05) is 0 Å². The molecule has 0 radical (unpaired) electrons. The maximum absolute atomic E-state index is 11.3. The Morgan fingerprint density at radius 2 is 2.06 bits per heavy atom. The summed E-state index contributed by atoms with van der Waals surface area (Å²) < 4.78 is 10.3. The average Bonchev–Trinajstić information content (AvgIpc) is 2.37. The van der Waals surface area contributed by atoms with E-state index in [4.69, 9.17) is 4.74 Å². The van der Waals surface area contributed by atoms with Gasteiger partial charge < -0.3 is 14.4 Å². The van der Waals surface area contributed by atoms with E-state index in [-0.39, 0.29) is 18.2 Å². The van der Waals surface area contributed by atoms with E-state index in [1.54, 1.807) is 12.3 Å². The van der Waals surface area contributed by atoms with Gasteiger partial charge in [0.15, 0.2) is 0 Å². The molecule has 0 N–H and O–H groups in total. The highest BCUT2D eigenvalue weighted by atomic mass is 16.5. The monoisotopic (exact) mass is 250 g/mol. The first-order chi connectivity index (χ1) is 8.60. The fraction of sp³-hybridized carbons (Fsp3) is 0.538. The summed E-state index contributed by atoms with van der Waals surface area (Å²) in [7, 11) is 1.36. The average molecular weight is 250 g/mol. The van der Waals surface area contributed by atoms with Crippen LogP contribution in [0.15, 0.2) is 18.3 Å². The van der Waals surface area contributed by atoms with Crippen LogP contribution in [0, 0.1) is 0 Å². The molecule has 0 aliphatic carbocycles. The van der Waals surface area contributed by atoms with Crippen molar-refractivity contribution in [3.8, 4) is 0 Å². The Morgan fingerprint density at radius 1 is 1.39 bits per heavy atom. The lowest BCUT2D eigenvalue weighted by molar-refractivity contribution is -0.00546. The van der Waals surface area contributed by atoms with E-state index in [1.165, 1.54) is 7.11 Å². The van der Waals surface area contributed by atoms with Crippen molar-refractivity contribution in [2.24, 2.45) is 0 Å². The van der Waals surface area contributed by atoms with Crippen LogP contribution in [0.1, 0.15) is 24.2 Å². The van der Waals surface area contributed by atoms with Crippen LogP contribution in [0.25, 0.3) is 0 Å². The molecule has 1 aliphatic heterocycles. The summed E-state index contributed by atoms with van der Waals surface area (Å²) in [5.74, 6) is 0.502. The maximum atomic E-state index is 11.3. The minimum atomic E-state index is -0.363. The smallest absolute Gasteiger partial charge is 0.339 e. The van der Waals surface area contributed by atoms with Crippen LogP contribution in [0.2, 0.25) is 0 Å². The van der Waals surface area contributed by atoms with Crippen LogP contribution in [-0.4, -0.2) is 43.4 Å². The summed E-state index contributed by atoms with van der Waals surface area (Å²) in [5.41, 5.74) is 0.468. The molecule has 2 rings (SSSR count). The molecule has 1 aromatic heterocycles. The van der Waals surface area contributed by atoms with Gasteiger partial charge in [-0.15, -0.1) is 0 Å². The van der Waals surface area contributed by atoms with Crippen molar-refractivity contribution in [2.45, 2.75) is 26.1 Å². The predicted molar refractivity (Wildman–Crippen MR) is 67.8 cm³/mol. The fourth-order valence-corrected chi connectivity index (χ4v) is 2.18. The third-order valence-corrected chi connectivity index (χ3v) is 2.91. The Kier molecular flexibility index (Phi) is 3.81. The van der Waals surface area contributed by atoms with Crippen molar-refractivity contribution >= 4 is 11.8 Å². The summed E-state index contributed by atoms with van der Waals surface area (Å²) in [6.07, 6.45) is 1.93. The Hall–Kier alpha value is -1.62. The number of morpholine rings is 1. The van der Waals surface area contributed by atoms with Crippen LogP contribution >= 0.6 is 0 Å². The van der Waals surface area contributed by atoms with Crippen molar-refractivity contribution in [1.82, 2.24) is 4.98 Å². The van der Waals surface area contributed by atoms with Crippen LogP contribution in [0.5, 0.6) is 0 Å². The van der Waals surface area contributed by atoms with Gasteiger partial charge in [-0.05, 0) is 26.0 Å². The summed E-state index contributed by atoms with van der Waals surface area (Å²) in [6, 6.07) is 3.58. The third-order valence-electron chi connectivity index (χ3n) is 2.91. The second-order valence-corrected chi connectivity index (χ2v) is 4.56. The summed E-state index contributed by atoms with van der Waals surface area (Å²) in [6.45, 7) is 5.72. The van der Waals surface area contributed by atoms with Gasteiger partial charge in [0.05, 0.1) is 24.9 Å². The summed E-state index contributed by atoms with van der Waals surface area (Å²) in [4.78, 5) is 17.8. The van der Waals surface area contributed by atoms with Crippen molar-refractivity contribution in [3.63, 3.8) is 0 Å². The lowest BCUT2D eigenvalue weighted by Gasteiger charge is -2.36. The van der Waals surface area contributed by atoms with E-state index in [1.807, 2.05) is 19.9 Å². The molecule has 1 fully saturated rings. The van der Waals surface area contributed by atoms with E-state index in [0.29, 0.717) is 5.56 Å². The van der Waals surface area contributed by atoms with Crippen LogP contribution < -0.4 is 4.90 Å². The number of rotatable bonds is 2. The Labute approximate surface area is 107 Å². The first kappa shape index (κ1) is 12.8. The number of esters is 1. The first-order valence-electron chi connectivity index (χ1n) is 6.05. The Morgan fingerprint density at radius 3 is 2.56 bits per heavy atom. The van der Waals surface area contributed by atoms with Gasteiger partial charge in [-0.25, -0.2) is 9.78 Å². The van der Waals surface area contributed by atoms with Crippen molar-refractivity contribution in [2.75, 3.05) is 25.1 Å². The number of nitrogens with zero attached hydrogens (tertiary/aromatic N) is 2. The van der Waals surface area contributed by atoms with Gasteiger partial charge in [0.1, 0.15) is 5.82 Å². The number of methoxy groups -OCH3 is 1. The topological polar surface area (TPSA) is 51.7 Å². The van der Waals surface area contributed by atoms with Crippen molar-refractivity contribution in [1.29, 1.82) is 0 Å². The minimum Gasteiger partial charge on any atom is -0.465 e. The Balaban J connectivity index is 2.11. The second kappa shape index (κ2) is 5.35. The normalized spacial score (nSPS) is 23.8. The van der Waals surface area contributed by atoms with Gasteiger partial charge in [-0.3, -0.25) is 0 Å². The molecule has 1 saturated heterocycles. The van der Waals surface area contributed by atoms with E-state index >= 15 is 0 Å². The number of hydrogen-bond acceptors (Lipinski definition) is 5. The van der Waals surface area contributed by atoms with E-state index in [0.717, 1.165) is 18.9 Å². The molecule has 0 spiro atoms. The largest absolute Gasteiger partial charge is 0.465 e. The third kappa shape index (κ3) is 2.79. The molecule has 0 saturated carbocycles. The molecule has 2 atom stereocenters. The van der Waals surface area contributed by atoms with Gasteiger partial charge in [0.2, 0.25) is 0 Å². The zero-order valence-corrected chi connectivity index (χ0v) is 10.9. The number of pyridine rings is 1. The predicted octanol–water partition coefficient (Wildman–Crippen LogP) is 1.48. The van der Waals surface area contributed by atoms with Gasteiger partial charge in [0.25, 0.3) is 0 Å².